The molecule has 1 aromatic carbocycles. The Balaban J connectivity index is 0.00000512. The van der Waals surface area contributed by atoms with E-state index in [1.54, 1.807) is 28.4 Å². The Kier molecular flexibility index (Phi) is 14.0. The van der Waals surface area contributed by atoms with Crippen molar-refractivity contribution in [3.63, 3.8) is 0 Å². The lowest BCUT2D eigenvalue weighted by atomic mass is 10.0. The van der Waals surface area contributed by atoms with E-state index in [-0.39, 0.29) is 42.5 Å². The molecule has 1 heterocycles. The second-order valence-corrected chi connectivity index (χ2v) is 6.93. The number of benzene rings is 1. The van der Waals surface area contributed by atoms with E-state index < -0.39 is 0 Å². The highest BCUT2D eigenvalue weighted by Crippen LogP contribution is 2.32. The van der Waals surface area contributed by atoms with E-state index in [4.69, 9.17) is 18.9 Å². The van der Waals surface area contributed by atoms with Crippen molar-refractivity contribution in [2.45, 2.75) is 6.04 Å². The zero-order chi connectivity index (χ0) is 22.5. The predicted octanol–water partition coefficient (Wildman–Crippen LogP) is 0.623. The molecule has 182 valence electrons. The summed E-state index contributed by atoms with van der Waals surface area (Å²) in [6.07, 6.45) is 0. The highest BCUT2D eigenvalue weighted by atomic mass is 127. The number of ether oxygens (including phenoxy) is 4. The summed E-state index contributed by atoms with van der Waals surface area (Å²) in [7, 11) is 6.53. The second kappa shape index (κ2) is 15.9. The Morgan fingerprint density at radius 3 is 2.47 bits per heavy atom. The topological polar surface area (TPSA) is 106 Å². The molecule has 0 radical (unpaired) electrons. The molecule has 1 unspecified atom stereocenters. The molecule has 0 aromatic heterocycles. The number of aliphatic imine (C=N–C) groups is 1. The first-order chi connectivity index (χ1) is 15.1. The van der Waals surface area contributed by atoms with Crippen molar-refractivity contribution in [3.05, 3.63) is 23.8 Å². The van der Waals surface area contributed by atoms with Crippen LogP contribution in [0, 0.1) is 0 Å². The van der Waals surface area contributed by atoms with Gasteiger partial charge in [-0.15, -0.1) is 24.0 Å². The molecule has 0 spiro atoms. The van der Waals surface area contributed by atoms with Crippen LogP contribution in [0.15, 0.2) is 23.2 Å². The molecule has 1 saturated heterocycles. The average Bonchev–Trinajstić information content (AvgIpc) is 2.81. The maximum absolute atomic E-state index is 11.9. The Morgan fingerprint density at radius 1 is 1.12 bits per heavy atom. The summed E-state index contributed by atoms with van der Waals surface area (Å²) in [5.41, 5.74) is 1.10. The van der Waals surface area contributed by atoms with E-state index in [1.165, 1.54) is 0 Å². The summed E-state index contributed by atoms with van der Waals surface area (Å²) >= 11 is 0. The summed E-state index contributed by atoms with van der Waals surface area (Å²) in [5.74, 6) is 1.82. The molecule has 1 amide bonds. The molecule has 1 aromatic rings. The fourth-order valence-electron chi connectivity index (χ4n) is 3.34. The van der Waals surface area contributed by atoms with Gasteiger partial charge < -0.3 is 34.9 Å². The van der Waals surface area contributed by atoms with Crippen molar-refractivity contribution < 1.29 is 23.7 Å². The van der Waals surface area contributed by atoms with Gasteiger partial charge in [-0.3, -0.25) is 14.7 Å². The fourth-order valence-corrected chi connectivity index (χ4v) is 3.34. The monoisotopic (exact) mass is 565 g/mol. The van der Waals surface area contributed by atoms with Crippen LogP contribution in [0.25, 0.3) is 0 Å². The lowest BCUT2D eigenvalue weighted by Crippen LogP contribution is -2.48. The predicted molar refractivity (Wildman–Crippen MR) is 134 cm³/mol. The third-order valence-corrected chi connectivity index (χ3v) is 5.01. The van der Waals surface area contributed by atoms with E-state index in [0.29, 0.717) is 50.4 Å². The van der Waals surface area contributed by atoms with E-state index in [2.05, 4.69) is 25.8 Å². The largest absolute Gasteiger partial charge is 0.493 e. The molecule has 0 saturated carbocycles. The van der Waals surface area contributed by atoms with E-state index in [1.807, 2.05) is 18.2 Å². The average molecular weight is 565 g/mol. The zero-order valence-electron chi connectivity index (χ0n) is 19.3. The third kappa shape index (κ3) is 8.96. The standard InChI is InChI=1S/C21H35N5O5.HI/c1-22-21(25-15-20(27)23-7-10-28-2)24-14-17(26-8-11-31-12-9-26)16-5-6-18(29-3)19(13-16)30-4;/h5-6,13,17H,7-12,14-15H2,1-4H3,(H,23,27)(H2,22,24,25);1H. The van der Waals surface area contributed by atoms with Crippen molar-refractivity contribution in [3.8, 4) is 11.5 Å². The molecular weight excluding hydrogens is 529 g/mol. The van der Waals surface area contributed by atoms with Gasteiger partial charge in [-0.05, 0) is 17.7 Å². The normalized spacial score (nSPS) is 15.3. The molecule has 1 aliphatic heterocycles. The van der Waals surface area contributed by atoms with Crippen LogP contribution in [0.3, 0.4) is 0 Å². The molecule has 0 aliphatic carbocycles. The summed E-state index contributed by atoms with van der Waals surface area (Å²) < 4.78 is 21.3. The number of amides is 1. The van der Waals surface area contributed by atoms with Crippen LogP contribution in [0.4, 0.5) is 0 Å². The van der Waals surface area contributed by atoms with Crippen molar-refractivity contribution in [2.24, 2.45) is 4.99 Å². The zero-order valence-corrected chi connectivity index (χ0v) is 21.6. The van der Waals surface area contributed by atoms with Gasteiger partial charge in [0.05, 0.1) is 46.6 Å². The van der Waals surface area contributed by atoms with Gasteiger partial charge in [0.1, 0.15) is 0 Å². The lowest BCUT2D eigenvalue weighted by Gasteiger charge is -2.35. The first-order valence-electron chi connectivity index (χ1n) is 10.4. The number of guanidine groups is 1. The molecular formula is C21H36IN5O5. The number of carbonyl (C=O) groups is 1. The Morgan fingerprint density at radius 2 is 1.84 bits per heavy atom. The number of hydrogen-bond acceptors (Lipinski definition) is 7. The molecule has 1 fully saturated rings. The maximum atomic E-state index is 11.9. The molecule has 32 heavy (non-hydrogen) atoms. The molecule has 11 heteroatoms. The van der Waals surface area contributed by atoms with Crippen LogP contribution >= 0.6 is 24.0 Å². The van der Waals surface area contributed by atoms with E-state index in [9.17, 15) is 4.79 Å². The smallest absolute Gasteiger partial charge is 0.239 e. The first kappa shape index (κ1) is 28.2. The van der Waals surface area contributed by atoms with Crippen LogP contribution in [0.2, 0.25) is 0 Å². The Hall–Kier alpha value is -1.83. The van der Waals surface area contributed by atoms with Gasteiger partial charge in [-0.2, -0.15) is 0 Å². The number of methoxy groups -OCH3 is 3. The van der Waals surface area contributed by atoms with Crippen LogP contribution < -0.4 is 25.4 Å². The SMILES string of the molecule is CN=C(NCC(=O)NCCOC)NCC(c1ccc(OC)c(OC)c1)N1CCOCC1.I. The van der Waals surface area contributed by atoms with Crippen molar-refractivity contribution >= 4 is 35.8 Å². The number of hydrogen-bond donors (Lipinski definition) is 3. The minimum Gasteiger partial charge on any atom is -0.493 e. The van der Waals surface area contributed by atoms with Crippen LogP contribution in [0.5, 0.6) is 11.5 Å². The summed E-state index contributed by atoms with van der Waals surface area (Å²) in [4.78, 5) is 18.5. The minimum absolute atomic E-state index is 0. The number of halogens is 1. The number of nitrogens with one attached hydrogen (secondary N) is 3. The number of nitrogens with zero attached hydrogens (tertiary/aromatic N) is 2. The van der Waals surface area contributed by atoms with Crippen molar-refractivity contribution in [1.82, 2.24) is 20.9 Å². The highest BCUT2D eigenvalue weighted by Gasteiger charge is 2.24. The Bertz CT molecular complexity index is 716. The van der Waals surface area contributed by atoms with Gasteiger partial charge in [-0.25, -0.2) is 0 Å². The second-order valence-electron chi connectivity index (χ2n) is 6.93. The van der Waals surface area contributed by atoms with Crippen LogP contribution in [-0.4, -0.2) is 97.7 Å². The van der Waals surface area contributed by atoms with Crippen LogP contribution in [0.1, 0.15) is 11.6 Å². The number of rotatable bonds is 11. The van der Waals surface area contributed by atoms with Gasteiger partial charge in [-0.1, -0.05) is 6.07 Å². The summed E-state index contributed by atoms with van der Waals surface area (Å²) in [6, 6.07) is 6.03. The summed E-state index contributed by atoms with van der Waals surface area (Å²) in [6.45, 7) is 4.72. The number of morpholine rings is 1. The lowest BCUT2D eigenvalue weighted by molar-refractivity contribution is -0.120. The third-order valence-electron chi connectivity index (χ3n) is 5.01. The first-order valence-corrected chi connectivity index (χ1v) is 10.4. The van der Waals surface area contributed by atoms with Crippen molar-refractivity contribution in [1.29, 1.82) is 0 Å². The highest BCUT2D eigenvalue weighted by molar-refractivity contribution is 14.0. The summed E-state index contributed by atoms with van der Waals surface area (Å²) in [5, 5.41) is 9.15. The van der Waals surface area contributed by atoms with Gasteiger partial charge in [0.25, 0.3) is 0 Å². The minimum atomic E-state index is -0.121. The molecule has 10 nitrogen and oxygen atoms in total. The quantitative estimate of drug-likeness (QED) is 0.155. The fraction of sp³-hybridized carbons (Fsp3) is 0.619. The molecule has 0 bridgehead atoms. The van der Waals surface area contributed by atoms with Gasteiger partial charge in [0, 0.05) is 40.3 Å². The van der Waals surface area contributed by atoms with Crippen molar-refractivity contribution in [2.75, 3.05) is 80.9 Å². The van der Waals surface area contributed by atoms with Crippen LogP contribution in [-0.2, 0) is 14.3 Å². The molecule has 2 rings (SSSR count). The van der Waals surface area contributed by atoms with Gasteiger partial charge in [0.2, 0.25) is 5.91 Å². The van der Waals surface area contributed by atoms with Gasteiger partial charge >= 0.3 is 0 Å². The van der Waals surface area contributed by atoms with E-state index in [0.717, 1.165) is 18.7 Å². The Labute approximate surface area is 207 Å². The van der Waals surface area contributed by atoms with E-state index >= 15 is 0 Å². The van der Waals surface area contributed by atoms with Gasteiger partial charge in [0.15, 0.2) is 17.5 Å². The maximum Gasteiger partial charge on any atom is 0.239 e. The molecule has 3 N–H and O–H groups in total. The number of carbonyl (C=O) groups excluding carboxylic acids is 1. The molecule has 1 atom stereocenters. The molecule has 1 aliphatic rings.